The van der Waals surface area contributed by atoms with Crippen molar-refractivity contribution >= 4 is 23.2 Å². The van der Waals surface area contributed by atoms with Gasteiger partial charge in [0.2, 0.25) is 0 Å². The van der Waals surface area contributed by atoms with Crippen LogP contribution < -0.4 is 10.1 Å². The molecule has 0 heterocycles. The van der Waals surface area contributed by atoms with Crippen molar-refractivity contribution in [3.63, 3.8) is 0 Å². The molecule has 0 atom stereocenters. The quantitative estimate of drug-likeness (QED) is 0.837. The van der Waals surface area contributed by atoms with Crippen molar-refractivity contribution in [1.82, 2.24) is 0 Å². The second-order valence-corrected chi connectivity index (χ2v) is 4.43. The van der Waals surface area contributed by atoms with Gasteiger partial charge in [0.05, 0.1) is 5.56 Å². The molecule has 21 heavy (non-hydrogen) atoms. The van der Waals surface area contributed by atoms with Crippen LogP contribution in [0.25, 0.3) is 0 Å². The summed E-state index contributed by atoms with van der Waals surface area (Å²) in [6.07, 6.45) is 0. The Morgan fingerprint density at radius 2 is 1.81 bits per heavy atom. The van der Waals surface area contributed by atoms with Gasteiger partial charge in [-0.1, -0.05) is 24.3 Å². The first kappa shape index (κ1) is 15.3. The molecule has 0 aromatic heterocycles. The van der Waals surface area contributed by atoms with Crippen LogP contribution in [0.15, 0.2) is 48.5 Å². The smallest absolute Gasteiger partial charge is 0.387 e. The maximum atomic E-state index is 12.3. The Kier molecular flexibility index (Phi) is 5.11. The highest BCUT2D eigenvalue weighted by molar-refractivity contribution is 6.17. The minimum absolute atomic E-state index is 0.0409. The minimum atomic E-state index is -2.98. The van der Waals surface area contributed by atoms with E-state index in [2.05, 4.69) is 10.1 Å². The van der Waals surface area contributed by atoms with E-state index < -0.39 is 12.5 Å². The maximum absolute atomic E-state index is 12.3. The maximum Gasteiger partial charge on any atom is 0.387 e. The van der Waals surface area contributed by atoms with Gasteiger partial charge in [0, 0.05) is 11.6 Å². The minimum Gasteiger partial charge on any atom is -0.434 e. The molecule has 0 bridgehead atoms. The molecule has 3 nitrogen and oxygen atoms in total. The fourth-order valence-corrected chi connectivity index (χ4v) is 1.91. The van der Waals surface area contributed by atoms with Crippen LogP contribution in [0.1, 0.15) is 15.9 Å². The SMILES string of the molecule is O=C(Nc1ccc(CCl)cc1)c1ccccc1OC(F)F. The van der Waals surface area contributed by atoms with Crippen LogP contribution in [-0.2, 0) is 5.88 Å². The summed E-state index contributed by atoms with van der Waals surface area (Å²) in [5, 5.41) is 2.62. The Morgan fingerprint density at radius 1 is 1.14 bits per heavy atom. The van der Waals surface area contributed by atoms with Gasteiger partial charge in [0.15, 0.2) is 0 Å². The van der Waals surface area contributed by atoms with E-state index >= 15 is 0 Å². The van der Waals surface area contributed by atoms with Crippen molar-refractivity contribution in [2.75, 3.05) is 5.32 Å². The van der Waals surface area contributed by atoms with Gasteiger partial charge in [-0.2, -0.15) is 8.78 Å². The van der Waals surface area contributed by atoms with E-state index in [9.17, 15) is 13.6 Å². The average molecular weight is 312 g/mol. The first-order valence-electron chi connectivity index (χ1n) is 6.10. The molecule has 0 unspecified atom stereocenters. The lowest BCUT2D eigenvalue weighted by Gasteiger charge is -2.11. The Balaban J connectivity index is 2.16. The zero-order chi connectivity index (χ0) is 15.2. The third-order valence-corrected chi connectivity index (χ3v) is 3.02. The van der Waals surface area contributed by atoms with Crippen LogP contribution in [0, 0.1) is 0 Å². The number of ether oxygens (including phenoxy) is 1. The first-order chi connectivity index (χ1) is 10.1. The van der Waals surface area contributed by atoms with Gasteiger partial charge in [-0.15, -0.1) is 11.6 Å². The molecule has 0 saturated heterocycles. The fourth-order valence-electron chi connectivity index (χ4n) is 1.73. The molecule has 0 spiro atoms. The van der Waals surface area contributed by atoms with E-state index in [-0.39, 0.29) is 11.3 Å². The molecule has 0 saturated carbocycles. The van der Waals surface area contributed by atoms with E-state index in [0.29, 0.717) is 11.6 Å². The van der Waals surface area contributed by atoms with Crippen LogP contribution >= 0.6 is 11.6 Å². The molecule has 0 aliphatic heterocycles. The van der Waals surface area contributed by atoms with E-state index in [4.69, 9.17) is 11.6 Å². The fraction of sp³-hybridized carbons (Fsp3) is 0.133. The molecule has 6 heteroatoms. The number of para-hydroxylation sites is 1. The largest absolute Gasteiger partial charge is 0.434 e. The summed E-state index contributed by atoms with van der Waals surface area (Å²) >= 11 is 5.68. The lowest BCUT2D eigenvalue weighted by Crippen LogP contribution is -2.14. The standard InChI is InChI=1S/C15H12ClF2NO2/c16-9-10-5-7-11(8-6-10)19-14(20)12-3-1-2-4-13(12)21-15(17)18/h1-8,15H,9H2,(H,19,20). The average Bonchev–Trinajstić information content (AvgIpc) is 2.48. The second-order valence-electron chi connectivity index (χ2n) is 4.16. The topological polar surface area (TPSA) is 38.3 Å². The highest BCUT2D eigenvalue weighted by Gasteiger charge is 2.15. The number of carbonyl (C=O) groups is 1. The summed E-state index contributed by atoms with van der Waals surface area (Å²) in [5.74, 6) is -0.313. The van der Waals surface area contributed by atoms with E-state index in [0.717, 1.165) is 5.56 Å². The molecule has 2 aromatic carbocycles. The highest BCUT2D eigenvalue weighted by atomic mass is 35.5. The number of hydrogen-bond donors (Lipinski definition) is 1. The molecule has 1 N–H and O–H groups in total. The number of alkyl halides is 3. The van der Waals surface area contributed by atoms with Gasteiger partial charge in [-0.25, -0.2) is 0 Å². The van der Waals surface area contributed by atoms with Gasteiger partial charge in [0.1, 0.15) is 5.75 Å². The normalized spacial score (nSPS) is 10.5. The monoisotopic (exact) mass is 311 g/mol. The summed E-state index contributed by atoms with van der Waals surface area (Å²) in [6, 6.07) is 12.7. The van der Waals surface area contributed by atoms with E-state index in [1.807, 2.05) is 0 Å². The molecule has 2 aromatic rings. The number of amides is 1. The predicted octanol–water partition coefficient (Wildman–Crippen LogP) is 4.28. The van der Waals surface area contributed by atoms with Crippen LogP contribution in [-0.4, -0.2) is 12.5 Å². The molecule has 110 valence electrons. The molecule has 0 radical (unpaired) electrons. The number of benzene rings is 2. The first-order valence-corrected chi connectivity index (χ1v) is 6.63. The van der Waals surface area contributed by atoms with Crippen LogP contribution in [0.2, 0.25) is 0 Å². The summed E-state index contributed by atoms with van der Waals surface area (Å²) in [5.41, 5.74) is 1.50. The number of halogens is 3. The summed E-state index contributed by atoms with van der Waals surface area (Å²) in [6.45, 7) is -2.98. The Bertz CT molecular complexity index is 617. The highest BCUT2D eigenvalue weighted by Crippen LogP contribution is 2.22. The van der Waals surface area contributed by atoms with Crippen molar-refractivity contribution in [1.29, 1.82) is 0 Å². The van der Waals surface area contributed by atoms with Gasteiger partial charge >= 0.3 is 6.61 Å². The Labute approximate surface area is 125 Å². The lowest BCUT2D eigenvalue weighted by molar-refractivity contribution is -0.0501. The van der Waals surface area contributed by atoms with Crippen LogP contribution in [0.3, 0.4) is 0 Å². The van der Waals surface area contributed by atoms with Crippen molar-refractivity contribution in [2.45, 2.75) is 12.5 Å². The third-order valence-electron chi connectivity index (χ3n) is 2.71. The number of nitrogens with one attached hydrogen (secondary N) is 1. The lowest BCUT2D eigenvalue weighted by atomic mass is 10.1. The van der Waals surface area contributed by atoms with Crippen LogP contribution in [0.4, 0.5) is 14.5 Å². The number of carbonyl (C=O) groups excluding carboxylic acids is 1. The number of hydrogen-bond acceptors (Lipinski definition) is 2. The summed E-state index contributed by atoms with van der Waals surface area (Å²) < 4.78 is 28.9. The Morgan fingerprint density at radius 3 is 2.43 bits per heavy atom. The molecule has 2 rings (SSSR count). The van der Waals surface area contributed by atoms with E-state index in [1.165, 1.54) is 18.2 Å². The van der Waals surface area contributed by atoms with Gasteiger partial charge < -0.3 is 10.1 Å². The molecular weight excluding hydrogens is 300 g/mol. The molecule has 1 amide bonds. The van der Waals surface area contributed by atoms with Gasteiger partial charge in [-0.3, -0.25) is 4.79 Å². The summed E-state index contributed by atoms with van der Waals surface area (Å²) in [4.78, 5) is 12.1. The molecule has 0 aliphatic carbocycles. The van der Waals surface area contributed by atoms with Gasteiger partial charge in [-0.05, 0) is 29.8 Å². The number of rotatable bonds is 5. The Hall–Kier alpha value is -2.14. The van der Waals surface area contributed by atoms with Crippen molar-refractivity contribution in [2.24, 2.45) is 0 Å². The van der Waals surface area contributed by atoms with Crippen molar-refractivity contribution in [3.05, 3.63) is 59.7 Å². The summed E-state index contributed by atoms with van der Waals surface area (Å²) in [7, 11) is 0. The molecule has 0 aliphatic rings. The van der Waals surface area contributed by atoms with Crippen LogP contribution in [0.5, 0.6) is 5.75 Å². The molecule has 0 fully saturated rings. The number of anilines is 1. The zero-order valence-corrected chi connectivity index (χ0v) is 11.6. The van der Waals surface area contributed by atoms with E-state index in [1.54, 1.807) is 30.3 Å². The molecular formula is C15H12ClF2NO2. The van der Waals surface area contributed by atoms with Crippen molar-refractivity contribution in [3.8, 4) is 5.75 Å². The second kappa shape index (κ2) is 7.04. The zero-order valence-electron chi connectivity index (χ0n) is 10.9. The predicted molar refractivity (Wildman–Crippen MR) is 77.0 cm³/mol. The third kappa shape index (κ3) is 4.16. The van der Waals surface area contributed by atoms with Gasteiger partial charge in [0.25, 0.3) is 5.91 Å². The van der Waals surface area contributed by atoms with Crippen molar-refractivity contribution < 1.29 is 18.3 Å².